The zero-order chi connectivity index (χ0) is 16.8. The highest BCUT2D eigenvalue weighted by Crippen LogP contribution is 2.26. The number of carbonyl (C=O) groups excluding carboxylic acids is 1. The molecule has 0 unspecified atom stereocenters. The Balaban J connectivity index is 1.41. The number of likely N-dealkylation sites (N-methyl/N-ethyl adjacent to an activating group) is 1. The predicted molar refractivity (Wildman–Crippen MR) is 94.9 cm³/mol. The first-order valence-electron chi connectivity index (χ1n) is 8.43. The number of hydrogen-bond acceptors (Lipinski definition) is 3. The molecule has 2 aromatic rings. The summed E-state index contributed by atoms with van der Waals surface area (Å²) in [7, 11) is 2.07. The number of para-hydroxylation sites is 1. The lowest BCUT2D eigenvalue weighted by Crippen LogP contribution is -2.40. The zero-order valence-electron chi connectivity index (χ0n) is 14.1. The van der Waals surface area contributed by atoms with Gasteiger partial charge in [0.15, 0.2) is 0 Å². The van der Waals surface area contributed by atoms with Crippen LogP contribution in [0, 0.1) is 5.92 Å². The fourth-order valence-corrected chi connectivity index (χ4v) is 2.98. The summed E-state index contributed by atoms with van der Waals surface area (Å²) in [6.45, 7) is 2.82. The minimum atomic E-state index is -0.0978. The lowest BCUT2D eigenvalue weighted by molar-refractivity contribution is -0.126. The fraction of sp³-hybridized carbons (Fsp3) is 0.350. The minimum absolute atomic E-state index is 0.0811. The lowest BCUT2D eigenvalue weighted by Gasteiger charge is -2.25. The third kappa shape index (κ3) is 4.36. The van der Waals surface area contributed by atoms with Gasteiger partial charge >= 0.3 is 0 Å². The van der Waals surface area contributed by atoms with Gasteiger partial charge in [0.2, 0.25) is 5.91 Å². The topological polar surface area (TPSA) is 41.6 Å². The van der Waals surface area contributed by atoms with Crippen LogP contribution in [0.25, 0.3) is 0 Å². The van der Waals surface area contributed by atoms with Crippen LogP contribution < -0.4 is 10.1 Å². The number of fused-ring (bicyclic) bond motifs is 1. The molecule has 1 aliphatic heterocycles. The maximum absolute atomic E-state index is 12.3. The van der Waals surface area contributed by atoms with Gasteiger partial charge in [-0.2, -0.15) is 0 Å². The zero-order valence-corrected chi connectivity index (χ0v) is 14.1. The molecule has 1 atom stereocenters. The average molecular weight is 324 g/mol. The molecule has 0 bridgehead atoms. The Morgan fingerprint density at radius 1 is 1.17 bits per heavy atom. The van der Waals surface area contributed by atoms with E-state index in [1.165, 1.54) is 5.56 Å². The lowest BCUT2D eigenvalue weighted by atomic mass is 9.96. The Hall–Kier alpha value is -2.33. The Bertz CT molecular complexity index is 672. The molecule has 4 nitrogen and oxygen atoms in total. The van der Waals surface area contributed by atoms with E-state index in [0.717, 1.165) is 30.8 Å². The molecule has 3 rings (SSSR count). The van der Waals surface area contributed by atoms with E-state index in [-0.39, 0.29) is 11.8 Å². The van der Waals surface area contributed by atoms with Crippen LogP contribution in [0.15, 0.2) is 54.6 Å². The van der Waals surface area contributed by atoms with Crippen LogP contribution in [-0.2, 0) is 17.8 Å². The summed E-state index contributed by atoms with van der Waals surface area (Å²) in [6, 6.07) is 18.3. The van der Waals surface area contributed by atoms with Crippen LogP contribution in [0.3, 0.4) is 0 Å². The summed E-state index contributed by atoms with van der Waals surface area (Å²) in [6.07, 6.45) is 0.752. The van der Waals surface area contributed by atoms with Crippen molar-refractivity contribution in [1.82, 2.24) is 10.2 Å². The van der Waals surface area contributed by atoms with Crippen molar-refractivity contribution in [3.8, 4) is 5.75 Å². The van der Waals surface area contributed by atoms with Crippen LogP contribution >= 0.6 is 0 Å². The summed E-state index contributed by atoms with van der Waals surface area (Å²) in [4.78, 5) is 14.5. The molecule has 24 heavy (non-hydrogen) atoms. The van der Waals surface area contributed by atoms with Crippen molar-refractivity contribution in [2.75, 3.05) is 26.7 Å². The quantitative estimate of drug-likeness (QED) is 0.887. The summed E-state index contributed by atoms with van der Waals surface area (Å²) < 4.78 is 5.69. The standard InChI is InChI=1S/C20H24N2O2/c1-22(14-16-7-3-2-4-8-16)12-11-21-20(23)18-13-17-9-5-6-10-19(17)24-15-18/h2-10,18H,11-15H2,1H3,(H,21,23)/t18-/m0/s1. The van der Waals surface area contributed by atoms with Crippen LogP contribution in [0.2, 0.25) is 0 Å². The number of amides is 1. The molecule has 4 heteroatoms. The number of nitrogens with zero attached hydrogens (tertiary/aromatic N) is 1. The molecule has 0 saturated carbocycles. The fourth-order valence-electron chi connectivity index (χ4n) is 2.98. The van der Waals surface area contributed by atoms with Crippen molar-refractivity contribution in [3.63, 3.8) is 0 Å². The molecule has 0 saturated heterocycles. The van der Waals surface area contributed by atoms with Gasteiger partial charge in [0.1, 0.15) is 12.4 Å². The molecule has 0 radical (unpaired) electrons. The van der Waals surface area contributed by atoms with Crippen molar-refractivity contribution in [1.29, 1.82) is 0 Å². The smallest absolute Gasteiger partial charge is 0.226 e. The molecule has 0 aliphatic carbocycles. The number of nitrogens with one attached hydrogen (secondary N) is 1. The van der Waals surface area contributed by atoms with E-state index in [2.05, 4.69) is 29.4 Å². The van der Waals surface area contributed by atoms with Crippen LogP contribution in [0.4, 0.5) is 0 Å². The van der Waals surface area contributed by atoms with Crippen molar-refractivity contribution < 1.29 is 9.53 Å². The van der Waals surface area contributed by atoms with Gasteiger partial charge in [-0.3, -0.25) is 4.79 Å². The highest BCUT2D eigenvalue weighted by molar-refractivity contribution is 5.79. The molecule has 126 valence electrons. The second-order valence-electron chi connectivity index (χ2n) is 6.33. The monoisotopic (exact) mass is 324 g/mol. The van der Waals surface area contributed by atoms with Crippen molar-refractivity contribution in [2.45, 2.75) is 13.0 Å². The van der Waals surface area contributed by atoms with E-state index in [1.54, 1.807) is 0 Å². The summed E-state index contributed by atoms with van der Waals surface area (Å²) in [5.41, 5.74) is 2.40. The minimum Gasteiger partial charge on any atom is -0.492 e. The van der Waals surface area contributed by atoms with Gasteiger partial charge < -0.3 is 15.0 Å². The maximum Gasteiger partial charge on any atom is 0.226 e. The molecule has 0 aromatic heterocycles. The Morgan fingerprint density at radius 3 is 2.75 bits per heavy atom. The molecule has 0 fully saturated rings. The van der Waals surface area contributed by atoms with Crippen LogP contribution in [0.5, 0.6) is 5.75 Å². The largest absolute Gasteiger partial charge is 0.492 e. The maximum atomic E-state index is 12.3. The SMILES string of the molecule is CN(CCNC(=O)[C@@H]1COc2ccccc2C1)Cc1ccccc1. The highest BCUT2D eigenvalue weighted by atomic mass is 16.5. The average Bonchev–Trinajstić information content (AvgIpc) is 2.62. The van der Waals surface area contributed by atoms with Gasteiger partial charge in [-0.1, -0.05) is 48.5 Å². The predicted octanol–water partition coefficient (Wildman–Crippen LogP) is 2.49. The Kier molecular flexibility index (Phi) is 5.49. The van der Waals surface area contributed by atoms with E-state index < -0.39 is 0 Å². The van der Waals surface area contributed by atoms with Crippen molar-refractivity contribution in [3.05, 3.63) is 65.7 Å². The third-order valence-corrected chi connectivity index (χ3v) is 4.34. The van der Waals surface area contributed by atoms with E-state index in [0.29, 0.717) is 13.2 Å². The van der Waals surface area contributed by atoms with Gasteiger partial charge in [-0.25, -0.2) is 0 Å². The van der Waals surface area contributed by atoms with Crippen LogP contribution in [-0.4, -0.2) is 37.6 Å². The summed E-state index contributed by atoms with van der Waals surface area (Å²) in [5, 5.41) is 3.04. The Labute approximate surface area is 143 Å². The number of hydrogen-bond donors (Lipinski definition) is 1. The van der Waals surface area contributed by atoms with Crippen LogP contribution in [0.1, 0.15) is 11.1 Å². The molecule has 0 spiro atoms. The van der Waals surface area contributed by atoms with E-state index >= 15 is 0 Å². The number of carbonyl (C=O) groups is 1. The normalized spacial score (nSPS) is 16.3. The van der Waals surface area contributed by atoms with Gasteiger partial charge in [-0.05, 0) is 30.7 Å². The first-order valence-corrected chi connectivity index (χ1v) is 8.43. The number of rotatable bonds is 6. The van der Waals surface area contributed by atoms with E-state index in [1.807, 2.05) is 42.5 Å². The molecule has 1 aliphatic rings. The molecule has 1 heterocycles. The molecular formula is C20H24N2O2. The molecule has 1 N–H and O–H groups in total. The van der Waals surface area contributed by atoms with Gasteiger partial charge in [0.05, 0.1) is 5.92 Å². The Morgan fingerprint density at radius 2 is 1.92 bits per heavy atom. The second kappa shape index (κ2) is 7.97. The van der Waals surface area contributed by atoms with Gasteiger partial charge in [0, 0.05) is 19.6 Å². The number of benzene rings is 2. The van der Waals surface area contributed by atoms with E-state index in [4.69, 9.17) is 4.74 Å². The molecule has 1 amide bonds. The molecule has 2 aromatic carbocycles. The summed E-state index contributed by atoms with van der Waals surface area (Å²) >= 11 is 0. The van der Waals surface area contributed by atoms with Crippen molar-refractivity contribution >= 4 is 5.91 Å². The number of ether oxygens (including phenoxy) is 1. The van der Waals surface area contributed by atoms with Crippen molar-refractivity contribution in [2.24, 2.45) is 5.92 Å². The highest BCUT2D eigenvalue weighted by Gasteiger charge is 2.25. The summed E-state index contributed by atoms with van der Waals surface area (Å²) in [5.74, 6) is 0.890. The second-order valence-corrected chi connectivity index (χ2v) is 6.33. The first-order chi connectivity index (χ1) is 11.7. The van der Waals surface area contributed by atoms with E-state index in [9.17, 15) is 4.79 Å². The van der Waals surface area contributed by atoms with Gasteiger partial charge in [-0.15, -0.1) is 0 Å². The third-order valence-electron chi connectivity index (χ3n) is 4.34. The van der Waals surface area contributed by atoms with Gasteiger partial charge in [0.25, 0.3) is 0 Å². The first kappa shape index (κ1) is 16.5. The molecular weight excluding hydrogens is 300 g/mol.